The number of carbonyl (C=O) groups is 3. The fourth-order valence-corrected chi connectivity index (χ4v) is 8.40. The molecule has 0 aromatic rings. The van der Waals surface area contributed by atoms with Gasteiger partial charge in [0, 0.05) is 12.8 Å². The third kappa shape index (κ3) is 47.1. The van der Waals surface area contributed by atoms with Crippen LogP contribution in [0.2, 0.25) is 0 Å². The molecule has 2 N–H and O–H groups in total. The molecule has 6 heteroatoms. The van der Waals surface area contributed by atoms with Crippen LogP contribution in [0.5, 0.6) is 0 Å². The maximum Gasteiger partial charge on any atom is 0.322 e. The van der Waals surface area contributed by atoms with E-state index in [-0.39, 0.29) is 24.5 Å². The van der Waals surface area contributed by atoms with Gasteiger partial charge in [-0.1, -0.05) is 251 Å². The number of carbonyl (C=O) groups excluding carboxylic acids is 2. The second-order valence-electron chi connectivity index (χ2n) is 18.1. The van der Waals surface area contributed by atoms with Crippen LogP contribution in [0.25, 0.3) is 0 Å². The van der Waals surface area contributed by atoms with Crippen molar-refractivity contribution in [1.29, 1.82) is 0 Å². The van der Waals surface area contributed by atoms with Gasteiger partial charge >= 0.3 is 11.9 Å². The van der Waals surface area contributed by atoms with Crippen molar-refractivity contribution in [2.24, 2.45) is 0 Å². The molecule has 0 aromatic carbocycles. The molecule has 0 saturated heterocycles. The van der Waals surface area contributed by atoms with E-state index in [9.17, 15) is 14.4 Å². The van der Waals surface area contributed by atoms with Crippen molar-refractivity contribution >= 4 is 17.8 Å². The standard InChI is InChI=1S/C52H101NO5/c1-3-5-7-9-11-13-15-17-18-19-20-21-22-23-24-25-26-28-30-32-34-39-43-47-52(57)58-49(45-41-37-35-38-42-46-50(54)53-48-51(55)56)44-40-36-33-31-29-27-16-14-12-10-8-6-4-2/h49H,3-48H2,1-2H3,(H,53,54)(H,55,56). The van der Waals surface area contributed by atoms with E-state index in [4.69, 9.17) is 9.84 Å². The Hall–Kier alpha value is -1.59. The third-order valence-corrected chi connectivity index (χ3v) is 12.3. The predicted octanol–water partition coefficient (Wildman–Crippen LogP) is 16.7. The summed E-state index contributed by atoms with van der Waals surface area (Å²) in [5, 5.41) is 11.1. The Labute approximate surface area is 361 Å². The van der Waals surface area contributed by atoms with Gasteiger partial charge in [-0.25, -0.2) is 0 Å². The summed E-state index contributed by atoms with van der Waals surface area (Å²) in [6.45, 7) is 4.27. The van der Waals surface area contributed by atoms with Gasteiger partial charge in [0.2, 0.25) is 5.91 Å². The van der Waals surface area contributed by atoms with E-state index in [1.54, 1.807) is 0 Å². The molecule has 344 valence electrons. The molecule has 0 aromatic heterocycles. The van der Waals surface area contributed by atoms with Gasteiger partial charge in [-0.2, -0.15) is 0 Å². The van der Waals surface area contributed by atoms with E-state index in [0.29, 0.717) is 12.8 Å². The molecule has 0 rings (SSSR count). The highest BCUT2D eigenvalue weighted by Gasteiger charge is 2.14. The second kappa shape index (κ2) is 48.1. The van der Waals surface area contributed by atoms with Crippen LogP contribution in [-0.4, -0.2) is 35.6 Å². The molecule has 58 heavy (non-hydrogen) atoms. The van der Waals surface area contributed by atoms with Crippen molar-refractivity contribution in [3.05, 3.63) is 0 Å². The average Bonchev–Trinajstić information content (AvgIpc) is 3.21. The summed E-state index contributed by atoms with van der Waals surface area (Å²) < 4.78 is 6.07. The Balaban J connectivity index is 3.97. The molecule has 1 atom stereocenters. The normalized spacial score (nSPS) is 11.9. The van der Waals surface area contributed by atoms with Crippen molar-refractivity contribution in [3.63, 3.8) is 0 Å². The van der Waals surface area contributed by atoms with Crippen LogP contribution in [0.1, 0.15) is 303 Å². The first-order valence-corrected chi connectivity index (χ1v) is 26.2. The summed E-state index contributed by atoms with van der Waals surface area (Å²) in [6, 6.07) is 0. The van der Waals surface area contributed by atoms with Crippen LogP contribution in [0, 0.1) is 0 Å². The number of nitrogens with one attached hydrogen (secondary N) is 1. The van der Waals surface area contributed by atoms with Crippen molar-refractivity contribution in [2.45, 2.75) is 309 Å². The number of aliphatic carboxylic acids is 1. The summed E-state index contributed by atoms with van der Waals surface area (Å²) in [5.74, 6) is -1.20. The van der Waals surface area contributed by atoms with Crippen molar-refractivity contribution in [2.75, 3.05) is 6.54 Å². The minimum Gasteiger partial charge on any atom is -0.480 e. The van der Waals surface area contributed by atoms with Crippen LogP contribution >= 0.6 is 0 Å². The molecule has 0 spiro atoms. The zero-order chi connectivity index (χ0) is 42.3. The first-order chi connectivity index (χ1) is 28.5. The molecule has 0 aliphatic heterocycles. The highest BCUT2D eigenvalue weighted by molar-refractivity contribution is 5.80. The monoisotopic (exact) mass is 820 g/mol. The SMILES string of the molecule is CCCCCCCCCCCCCCCCCCCCCCCCCC(=O)OC(CCCCCCCCCCCCCCC)CCCCCCCC(=O)NCC(=O)O. The predicted molar refractivity (Wildman–Crippen MR) is 250 cm³/mol. The van der Waals surface area contributed by atoms with E-state index in [1.165, 1.54) is 212 Å². The second-order valence-corrected chi connectivity index (χ2v) is 18.1. The Morgan fingerprint density at radius 3 is 0.931 bits per heavy atom. The van der Waals surface area contributed by atoms with Crippen LogP contribution in [0.3, 0.4) is 0 Å². The number of esters is 1. The molecule has 0 aliphatic rings. The van der Waals surface area contributed by atoms with E-state index in [1.807, 2.05) is 0 Å². The molecule has 0 bridgehead atoms. The molecule has 1 amide bonds. The minimum absolute atomic E-state index is 0.00411. The van der Waals surface area contributed by atoms with Gasteiger partial charge in [0.05, 0.1) is 0 Å². The van der Waals surface area contributed by atoms with Gasteiger partial charge in [-0.05, 0) is 38.5 Å². The number of hydrogen-bond acceptors (Lipinski definition) is 4. The van der Waals surface area contributed by atoms with Crippen LogP contribution in [0.15, 0.2) is 0 Å². The molecule has 1 unspecified atom stereocenters. The summed E-state index contributed by atoms with van der Waals surface area (Å²) in [6.07, 6.45) is 56.9. The van der Waals surface area contributed by atoms with Crippen LogP contribution < -0.4 is 5.32 Å². The van der Waals surface area contributed by atoms with Gasteiger partial charge in [0.25, 0.3) is 0 Å². The van der Waals surface area contributed by atoms with E-state index in [2.05, 4.69) is 19.2 Å². The summed E-state index contributed by atoms with van der Waals surface area (Å²) in [4.78, 5) is 35.2. The number of unbranched alkanes of at least 4 members (excludes halogenated alkanes) is 38. The molecule has 0 radical (unpaired) electrons. The number of rotatable bonds is 49. The maximum atomic E-state index is 12.8. The smallest absolute Gasteiger partial charge is 0.322 e. The largest absolute Gasteiger partial charge is 0.480 e. The van der Waals surface area contributed by atoms with Crippen molar-refractivity contribution in [3.8, 4) is 0 Å². The zero-order valence-electron chi connectivity index (χ0n) is 39.2. The lowest BCUT2D eigenvalue weighted by atomic mass is 10.0. The molecule has 6 nitrogen and oxygen atoms in total. The summed E-state index contributed by atoms with van der Waals surface area (Å²) in [7, 11) is 0. The fourth-order valence-electron chi connectivity index (χ4n) is 8.40. The maximum absolute atomic E-state index is 12.8. The molecule has 0 fully saturated rings. The summed E-state index contributed by atoms with van der Waals surface area (Å²) >= 11 is 0. The van der Waals surface area contributed by atoms with E-state index >= 15 is 0 Å². The zero-order valence-corrected chi connectivity index (χ0v) is 39.2. The summed E-state index contributed by atoms with van der Waals surface area (Å²) in [5.41, 5.74) is 0. The Bertz CT molecular complexity index is 863. The van der Waals surface area contributed by atoms with Crippen LogP contribution in [0.4, 0.5) is 0 Å². The fraction of sp³-hybridized carbons (Fsp3) is 0.942. The number of ether oxygens (including phenoxy) is 1. The highest BCUT2D eigenvalue weighted by Crippen LogP contribution is 2.20. The quantitative estimate of drug-likeness (QED) is 0.0471. The number of carboxylic acids is 1. The first-order valence-electron chi connectivity index (χ1n) is 26.2. The molecule has 0 heterocycles. The van der Waals surface area contributed by atoms with E-state index in [0.717, 1.165) is 64.2 Å². The van der Waals surface area contributed by atoms with Gasteiger partial charge in [-0.3, -0.25) is 14.4 Å². The minimum atomic E-state index is -1.01. The van der Waals surface area contributed by atoms with Crippen molar-refractivity contribution < 1.29 is 24.2 Å². The Morgan fingerprint density at radius 2 is 0.638 bits per heavy atom. The number of amides is 1. The lowest BCUT2D eigenvalue weighted by molar-refractivity contribution is -0.150. The molecular weight excluding hydrogens is 719 g/mol. The van der Waals surface area contributed by atoms with E-state index < -0.39 is 5.97 Å². The topological polar surface area (TPSA) is 92.7 Å². The Morgan fingerprint density at radius 1 is 0.379 bits per heavy atom. The average molecular weight is 820 g/mol. The molecule has 0 aliphatic carbocycles. The lowest BCUT2D eigenvalue weighted by Crippen LogP contribution is -2.28. The molecule has 0 saturated carbocycles. The van der Waals surface area contributed by atoms with Crippen molar-refractivity contribution in [1.82, 2.24) is 5.32 Å². The third-order valence-electron chi connectivity index (χ3n) is 12.3. The van der Waals surface area contributed by atoms with Gasteiger partial charge < -0.3 is 15.2 Å². The van der Waals surface area contributed by atoms with Gasteiger partial charge in [0.15, 0.2) is 0 Å². The van der Waals surface area contributed by atoms with Gasteiger partial charge in [-0.15, -0.1) is 0 Å². The first kappa shape index (κ1) is 56.4. The Kier molecular flexibility index (Phi) is 46.8. The highest BCUT2D eigenvalue weighted by atomic mass is 16.5. The van der Waals surface area contributed by atoms with Crippen LogP contribution in [-0.2, 0) is 19.1 Å². The number of hydrogen-bond donors (Lipinski definition) is 2. The number of carboxylic acid groups (broad SMARTS) is 1. The lowest BCUT2D eigenvalue weighted by Gasteiger charge is -2.18. The van der Waals surface area contributed by atoms with Gasteiger partial charge in [0.1, 0.15) is 12.6 Å². The molecular formula is C52H101NO5.